The van der Waals surface area contributed by atoms with E-state index in [9.17, 15) is 4.79 Å². The van der Waals surface area contributed by atoms with Crippen LogP contribution in [-0.4, -0.2) is 26.5 Å². The van der Waals surface area contributed by atoms with Gasteiger partial charge in [-0.3, -0.25) is 4.98 Å². The summed E-state index contributed by atoms with van der Waals surface area (Å²) in [6, 6.07) is 11.7. The van der Waals surface area contributed by atoms with Crippen LogP contribution in [0.5, 0.6) is 0 Å². The van der Waals surface area contributed by atoms with E-state index >= 15 is 0 Å². The van der Waals surface area contributed by atoms with E-state index in [4.69, 9.17) is 16.3 Å². The minimum atomic E-state index is -0.609. The molecule has 5 nitrogen and oxygen atoms in total. The highest BCUT2D eigenvalue weighted by atomic mass is 35.5. The van der Waals surface area contributed by atoms with Gasteiger partial charge in [0.1, 0.15) is 5.60 Å². The second-order valence-corrected chi connectivity index (χ2v) is 8.59. The van der Waals surface area contributed by atoms with Gasteiger partial charge in [0.25, 0.3) is 0 Å². The van der Waals surface area contributed by atoms with Crippen molar-refractivity contribution in [2.75, 3.05) is 0 Å². The van der Waals surface area contributed by atoms with Crippen molar-refractivity contribution in [1.82, 2.24) is 15.0 Å². The molecule has 0 atom stereocenters. The van der Waals surface area contributed by atoms with Crippen LogP contribution in [0, 0.1) is 6.92 Å². The fraction of sp³-hybridized carbons (Fsp3) is 0.333. The van der Waals surface area contributed by atoms with Crippen molar-refractivity contribution in [3.05, 3.63) is 87.7 Å². The molecule has 3 rings (SSSR count). The summed E-state index contributed by atoms with van der Waals surface area (Å²) in [5.74, 6) is -0.421. The minimum Gasteiger partial charge on any atom is -0.454 e. The van der Waals surface area contributed by atoms with Gasteiger partial charge in [-0.15, -0.1) is 0 Å². The second kappa shape index (κ2) is 9.35. The van der Waals surface area contributed by atoms with Crippen molar-refractivity contribution < 1.29 is 9.53 Å². The summed E-state index contributed by atoms with van der Waals surface area (Å²) in [5, 5.41) is 0.702. The van der Waals surface area contributed by atoms with Crippen LogP contribution < -0.4 is 0 Å². The summed E-state index contributed by atoms with van der Waals surface area (Å²) in [6.07, 6.45) is 5.60. The Kier molecular flexibility index (Phi) is 6.83. The molecule has 0 unspecified atom stereocenters. The van der Waals surface area contributed by atoms with E-state index < -0.39 is 11.6 Å². The molecule has 0 aliphatic rings. The Morgan fingerprint density at radius 2 is 1.73 bits per heavy atom. The van der Waals surface area contributed by atoms with E-state index in [0.29, 0.717) is 17.9 Å². The number of aryl methyl sites for hydroxylation is 3. The van der Waals surface area contributed by atoms with Crippen LogP contribution in [0.2, 0.25) is 5.02 Å². The zero-order chi connectivity index (χ0) is 21.7. The van der Waals surface area contributed by atoms with E-state index in [-0.39, 0.29) is 5.82 Å². The van der Waals surface area contributed by atoms with Gasteiger partial charge in [0.2, 0.25) is 5.82 Å². The first kappa shape index (κ1) is 21.9. The largest absolute Gasteiger partial charge is 0.454 e. The summed E-state index contributed by atoms with van der Waals surface area (Å²) in [5.41, 5.74) is 4.13. The molecule has 0 aliphatic carbocycles. The molecule has 0 amide bonds. The number of carbonyl (C=O) groups is 1. The molecule has 0 saturated heterocycles. The standard InChI is InChI=1S/C24H26ClN3O2/c1-16-19(15-18-7-5-6-8-20(18)25)21(10-9-17-11-13-26-14-12-17)28-22(27-16)23(29)30-24(2,3)4/h5-8,11-14H,9-10,15H2,1-4H3. The SMILES string of the molecule is Cc1nc(C(=O)OC(C)(C)C)nc(CCc2ccncc2)c1Cc1ccccc1Cl. The van der Waals surface area contributed by atoms with Crippen molar-refractivity contribution in [3.8, 4) is 0 Å². The molecule has 6 heteroatoms. The van der Waals surface area contributed by atoms with Crippen molar-refractivity contribution in [2.45, 2.75) is 52.6 Å². The Bertz CT molecular complexity index is 1030. The van der Waals surface area contributed by atoms with Gasteiger partial charge in [0, 0.05) is 35.2 Å². The number of carbonyl (C=O) groups excluding carboxylic acids is 1. The third kappa shape index (κ3) is 5.86. The van der Waals surface area contributed by atoms with Crippen molar-refractivity contribution in [3.63, 3.8) is 0 Å². The van der Waals surface area contributed by atoms with Gasteiger partial charge in [0.05, 0.1) is 0 Å². The molecule has 3 aromatic rings. The Morgan fingerprint density at radius 3 is 2.40 bits per heavy atom. The lowest BCUT2D eigenvalue weighted by molar-refractivity contribution is 0.00548. The van der Waals surface area contributed by atoms with Crippen molar-refractivity contribution in [2.24, 2.45) is 0 Å². The Labute approximate surface area is 182 Å². The number of nitrogens with zero attached hydrogens (tertiary/aromatic N) is 3. The average molecular weight is 424 g/mol. The smallest absolute Gasteiger partial charge is 0.376 e. The molecular weight excluding hydrogens is 398 g/mol. The highest BCUT2D eigenvalue weighted by molar-refractivity contribution is 6.31. The van der Waals surface area contributed by atoms with Gasteiger partial charge >= 0.3 is 5.97 Å². The van der Waals surface area contributed by atoms with E-state index in [1.165, 1.54) is 0 Å². The van der Waals surface area contributed by atoms with Crippen LogP contribution in [0.15, 0.2) is 48.8 Å². The Hall–Kier alpha value is -2.79. The van der Waals surface area contributed by atoms with Crippen molar-refractivity contribution in [1.29, 1.82) is 0 Å². The highest BCUT2D eigenvalue weighted by Gasteiger charge is 2.23. The van der Waals surface area contributed by atoms with Gasteiger partial charge in [-0.25, -0.2) is 14.8 Å². The second-order valence-electron chi connectivity index (χ2n) is 8.18. The number of hydrogen-bond acceptors (Lipinski definition) is 5. The lowest BCUT2D eigenvalue weighted by Crippen LogP contribution is -2.26. The number of esters is 1. The summed E-state index contributed by atoms with van der Waals surface area (Å²) < 4.78 is 5.48. The van der Waals surface area contributed by atoms with Gasteiger partial charge in [-0.1, -0.05) is 29.8 Å². The summed E-state index contributed by atoms with van der Waals surface area (Å²) in [7, 11) is 0. The van der Waals surface area contributed by atoms with Crippen molar-refractivity contribution >= 4 is 17.6 Å². The minimum absolute atomic E-state index is 0.0926. The van der Waals surface area contributed by atoms with Crippen LogP contribution >= 0.6 is 11.6 Å². The maximum absolute atomic E-state index is 12.6. The molecule has 1 aromatic carbocycles. The first-order chi connectivity index (χ1) is 14.2. The molecule has 156 valence electrons. The van der Waals surface area contributed by atoms with Gasteiger partial charge in [-0.2, -0.15) is 0 Å². The topological polar surface area (TPSA) is 65.0 Å². The zero-order valence-electron chi connectivity index (χ0n) is 17.8. The highest BCUT2D eigenvalue weighted by Crippen LogP contribution is 2.23. The quantitative estimate of drug-likeness (QED) is 0.512. The predicted octanol–water partition coefficient (Wildman–Crippen LogP) is 5.16. The Morgan fingerprint density at radius 1 is 1.03 bits per heavy atom. The molecule has 30 heavy (non-hydrogen) atoms. The first-order valence-electron chi connectivity index (χ1n) is 9.95. The van der Waals surface area contributed by atoms with Crippen LogP contribution in [-0.2, 0) is 24.0 Å². The predicted molar refractivity (Wildman–Crippen MR) is 118 cm³/mol. The van der Waals surface area contributed by atoms with Gasteiger partial charge in [0.15, 0.2) is 0 Å². The Balaban J connectivity index is 1.96. The molecule has 0 aliphatic heterocycles. The third-order valence-electron chi connectivity index (χ3n) is 4.61. The number of aromatic nitrogens is 3. The number of halogens is 1. The molecule has 0 N–H and O–H groups in total. The lowest BCUT2D eigenvalue weighted by Gasteiger charge is -2.20. The molecule has 0 bridgehead atoms. The molecule has 0 saturated carbocycles. The number of benzene rings is 1. The maximum atomic E-state index is 12.6. The molecule has 0 spiro atoms. The first-order valence-corrected chi connectivity index (χ1v) is 10.3. The lowest BCUT2D eigenvalue weighted by atomic mass is 9.98. The van der Waals surface area contributed by atoms with Crippen LogP contribution in [0.25, 0.3) is 0 Å². The number of rotatable bonds is 6. The van der Waals surface area contributed by atoms with Gasteiger partial charge in [-0.05, 0) is 75.4 Å². The van der Waals surface area contributed by atoms with Crippen LogP contribution in [0.3, 0.4) is 0 Å². The summed E-state index contributed by atoms with van der Waals surface area (Å²) >= 11 is 6.38. The van der Waals surface area contributed by atoms with E-state index in [2.05, 4.69) is 15.0 Å². The molecule has 0 fully saturated rings. The van der Waals surface area contributed by atoms with E-state index in [1.807, 2.05) is 64.1 Å². The fourth-order valence-corrected chi connectivity index (χ4v) is 3.35. The molecule has 0 radical (unpaired) electrons. The molecule has 2 aromatic heterocycles. The van der Waals surface area contributed by atoms with E-state index in [1.54, 1.807) is 12.4 Å². The molecular formula is C24H26ClN3O2. The molecule has 2 heterocycles. The normalized spacial score (nSPS) is 11.4. The van der Waals surface area contributed by atoms with Crippen LogP contribution in [0.1, 0.15) is 59.5 Å². The average Bonchev–Trinajstić information content (AvgIpc) is 2.69. The van der Waals surface area contributed by atoms with Gasteiger partial charge < -0.3 is 4.74 Å². The number of pyridine rings is 1. The number of ether oxygens (including phenoxy) is 1. The maximum Gasteiger partial charge on any atom is 0.376 e. The van der Waals surface area contributed by atoms with E-state index in [0.717, 1.165) is 34.5 Å². The van der Waals surface area contributed by atoms with Crippen LogP contribution in [0.4, 0.5) is 0 Å². The number of hydrogen-bond donors (Lipinski definition) is 0. The zero-order valence-corrected chi connectivity index (χ0v) is 18.5. The third-order valence-corrected chi connectivity index (χ3v) is 4.97. The fourth-order valence-electron chi connectivity index (χ4n) is 3.15. The summed E-state index contributed by atoms with van der Waals surface area (Å²) in [4.78, 5) is 25.7. The summed E-state index contributed by atoms with van der Waals surface area (Å²) in [6.45, 7) is 7.38. The monoisotopic (exact) mass is 423 g/mol.